The predicted octanol–water partition coefficient (Wildman–Crippen LogP) is 9.29. The van der Waals surface area contributed by atoms with Crippen LogP contribution in [-0.4, -0.2) is 111 Å². The number of halogens is 17. The quantitative estimate of drug-likeness (QED) is 0.0679. The van der Waals surface area contributed by atoms with Gasteiger partial charge in [-0.15, -0.1) is 0 Å². The van der Waals surface area contributed by atoms with E-state index in [-0.39, 0.29) is 11.0 Å². The predicted molar refractivity (Wildman–Crippen MR) is 127 cm³/mol. The van der Waals surface area contributed by atoms with E-state index in [1.165, 1.54) is 14.1 Å². The van der Waals surface area contributed by atoms with Gasteiger partial charge in [0, 0.05) is 12.8 Å². The minimum atomic E-state index is -8.60. The third kappa shape index (κ3) is 8.75. The molecule has 0 unspecified atom stereocenters. The number of alkyl halides is 17. The molecule has 0 heterocycles. The van der Waals surface area contributed by atoms with E-state index in [0.29, 0.717) is 11.0 Å². The van der Waals surface area contributed by atoms with Crippen molar-refractivity contribution in [1.82, 2.24) is 0 Å². The Morgan fingerprint density at radius 1 is 0.364 bits per heavy atom. The second-order valence-corrected chi connectivity index (χ2v) is 12.3. The van der Waals surface area contributed by atoms with Gasteiger partial charge < -0.3 is 8.97 Å². The minimum Gasteiger partial charge on any atom is -0.324 e. The summed E-state index contributed by atoms with van der Waals surface area (Å²) in [6.45, 7) is 2.94. The number of unbranched alkanes of at least 4 members (excludes halogenated alkanes) is 5. The summed E-state index contributed by atoms with van der Waals surface area (Å²) in [5.74, 6) is -55.9. The molecule has 0 aliphatic rings. The lowest BCUT2D eigenvalue weighted by molar-refractivity contribution is -0.946. The first kappa shape index (κ1) is 42.7. The molecule has 19 heteroatoms. The van der Waals surface area contributed by atoms with Crippen LogP contribution in [0, 0.1) is 0 Å². The summed E-state index contributed by atoms with van der Waals surface area (Å²) in [7, 11) is 6.56. The molecular weight excluding hydrogens is 651 g/mol. The molecule has 0 aromatic rings. The van der Waals surface area contributed by atoms with E-state index < -0.39 is 67.0 Å². The average molecular weight is 691 g/mol. The molecule has 44 heavy (non-hydrogen) atoms. The zero-order valence-electron chi connectivity index (χ0n) is 24.8. The molecule has 0 bridgehead atoms. The molecule has 0 fully saturated rings. The largest absolute Gasteiger partial charge is 0.460 e. The fourth-order valence-corrected chi connectivity index (χ4v) is 4.17. The summed E-state index contributed by atoms with van der Waals surface area (Å²) in [6, 6.07) is 0. The van der Waals surface area contributed by atoms with Crippen molar-refractivity contribution in [1.29, 1.82) is 0 Å². The highest BCUT2D eigenvalue weighted by molar-refractivity contribution is 5.15. The molecule has 0 atom stereocenters. The third-order valence-corrected chi connectivity index (χ3v) is 7.47. The second kappa shape index (κ2) is 13.8. The molecule has 0 amide bonds. The van der Waals surface area contributed by atoms with Crippen molar-refractivity contribution in [3.63, 3.8) is 0 Å². The second-order valence-electron chi connectivity index (χ2n) is 12.3. The van der Waals surface area contributed by atoms with Gasteiger partial charge in [0.05, 0.1) is 41.3 Å². The first-order valence-corrected chi connectivity index (χ1v) is 13.6. The summed E-state index contributed by atoms with van der Waals surface area (Å²) in [4.78, 5) is 0. The number of hydrogen-bond acceptors (Lipinski definition) is 0. The van der Waals surface area contributed by atoms with E-state index in [1.807, 2.05) is 14.1 Å². The van der Waals surface area contributed by atoms with Crippen LogP contribution in [0.15, 0.2) is 0 Å². The molecular formula is C25H39F17N2+2. The van der Waals surface area contributed by atoms with Gasteiger partial charge in [0.25, 0.3) is 0 Å². The Hall–Kier alpha value is -1.27. The molecule has 0 aromatic heterocycles. The van der Waals surface area contributed by atoms with Crippen LogP contribution in [0.25, 0.3) is 0 Å². The summed E-state index contributed by atoms with van der Waals surface area (Å²) in [5, 5.41) is 0. The van der Waals surface area contributed by atoms with Crippen LogP contribution >= 0.6 is 0 Å². The SMILES string of the molecule is CCCCCCCC[N+](C)(C)CC[N+](C)(C)CCCC(F)(F)C(F)(F)C(F)(F)C(F)(F)C(F)(F)C(F)(F)C(F)(F)C(F)(F)F. The molecule has 266 valence electrons. The lowest BCUT2D eigenvalue weighted by Crippen LogP contribution is -2.74. The number of likely N-dealkylation sites (N-methyl/N-ethyl adjacent to an activating group) is 2. The standard InChI is InChI=1S/C25H39F17N2/c1-6-7-8-9-10-11-14-43(2,3)16-17-44(4,5)15-12-13-18(26,27)19(28,29)20(30,31)21(32,33)22(34,35)23(36,37)24(38,39)25(40,41)42/h6-17H2,1-5H3/q+2. The van der Waals surface area contributed by atoms with Gasteiger partial charge in [-0.1, -0.05) is 32.6 Å². The van der Waals surface area contributed by atoms with Crippen molar-refractivity contribution in [2.45, 2.75) is 106 Å². The number of nitrogens with zero attached hydrogens (tertiary/aromatic N) is 2. The van der Waals surface area contributed by atoms with Gasteiger partial charge in [0.2, 0.25) is 0 Å². The Morgan fingerprint density at radius 2 is 0.682 bits per heavy atom. The van der Waals surface area contributed by atoms with E-state index in [2.05, 4.69) is 6.92 Å². The van der Waals surface area contributed by atoms with Crippen LogP contribution in [0.5, 0.6) is 0 Å². The van der Waals surface area contributed by atoms with Gasteiger partial charge in [-0.2, -0.15) is 74.6 Å². The highest BCUT2D eigenvalue weighted by Gasteiger charge is 2.95. The molecule has 0 aliphatic carbocycles. The minimum absolute atomic E-state index is 0.191. The molecule has 0 rings (SSSR count). The van der Waals surface area contributed by atoms with Gasteiger partial charge in [-0.25, -0.2) is 0 Å². The Labute approximate surface area is 244 Å². The van der Waals surface area contributed by atoms with E-state index in [0.717, 1.165) is 45.1 Å². The summed E-state index contributed by atoms with van der Waals surface area (Å²) < 4.78 is 229. The van der Waals surface area contributed by atoms with Crippen molar-refractivity contribution >= 4 is 0 Å². The highest BCUT2D eigenvalue weighted by atomic mass is 19.4. The lowest BCUT2D eigenvalue weighted by Gasteiger charge is -2.43. The van der Waals surface area contributed by atoms with Crippen molar-refractivity contribution in [3.8, 4) is 0 Å². The monoisotopic (exact) mass is 690 g/mol. The Balaban J connectivity index is 5.66. The number of hydrogen-bond donors (Lipinski definition) is 0. The van der Waals surface area contributed by atoms with Crippen LogP contribution in [0.1, 0.15) is 58.3 Å². The number of quaternary nitrogens is 2. The van der Waals surface area contributed by atoms with Gasteiger partial charge in [-0.3, -0.25) is 0 Å². The van der Waals surface area contributed by atoms with Crippen LogP contribution in [0.2, 0.25) is 0 Å². The van der Waals surface area contributed by atoms with Crippen molar-refractivity contribution in [3.05, 3.63) is 0 Å². The highest BCUT2D eigenvalue weighted by Crippen LogP contribution is 2.64. The lowest BCUT2D eigenvalue weighted by atomic mass is 9.88. The fourth-order valence-electron chi connectivity index (χ4n) is 4.17. The molecule has 2 nitrogen and oxygen atoms in total. The maximum Gasteiger partial charge on any atom is 0.460 e. The fraction of sp³-hybridized carbons (Fsp3) is 1.00. The van der Waals surface area contributed by atoms with Crippen LogP contribution in [-0.2, 0) is 0 Å². The first-order valence-electron chi connectivity index (χ1n) is 13.6. The maximum atomic E-state index is 14.2. The molecule has 0 saturated carbocycles. The van der Waals surface area contributed by atoms with E-state index in [4.69, 9.17) is 0 Å². The van der Waals surface area contributed by atoms with E-state index in [9.17, 15) is 74.6 Å². The van der Waals surface area contributed by atoms with Gasteiger partial charge in [0.1, 0.15) is 13.1 Å². The smallest absolute Gasteiger partial charge is 0.324 e. The topological polar surface area (TPSA) is 0 Å². The molecule has 0 aromatic carbocycles. The Morgan fingerprint density at radius 3 is 1.07 bits per heavy atom. The van der Waals surface area contributed by atoms with Gasteiger partial charge in [0.15, 0.2) is 0 Å². The molecule has 0 spiro atoms. The molecule has 0 N–H and O–H groups in total. The molecule has 0 radical (unpaired) electrons. The van der Waals surface area contributed by atoms with E-state index >= 15 is 0 Å². The maximum absolute atomic E-state index is 14.2. The van der Waals surface area contributed by atoms with Crippen LogP contribution in [0.3, 0.4) is 0 Å². The van der Waals surface area contributed by atoms with Gasteiger partial charge in [-0.05, 0) is 12.8 Å². The van der Waals surface area contributed by atoms with E-state index in [1.54, 1.807) is 0 Å². The Kier molecular flexibility index (Phi) is 13.4. The van der Waals surface area contributed by atoms with Crippen LogP contribution in [0.4, 0.5) is 74.6 Å². The Bertz CT molecular complexity index is 896. The third-order valence-electron chi connectivity index (χ3n) is 7.47. The van der Waals surface area contributed by atoms with Gasteiger partial charge >= 0.3 is 47.6 Å². The zero-order valence-corrected chi connectivity index (χ0v) is 24.8. The average Bonchev–Trinajstić information content (AvgIpc) is 2.83. The summed E-state index contributed by atoms with van der Waals surface area (Å²) in [6.07, 6.45) is -5.18. The van der Waals surface area contributed by atoms with Crippen molar-refractivity contribution in [2.24, 2.45) is 0 Å². The zero-order chi connectivity index (χ0) is 35.5. The molecule has 0 aliphatic heterocycles. The van der Waals surface area contributed by atoms with Crippen molar-refractivity contribution in [2.75, 3.05) is 54.4 Å². The normalized spacial score (nSPS) is 15.7. The number of rotatable bonds is 20. The first-order chi connectivity index (χ1) is 19.2. The summed E-state index contributed by atoms with van der Waals surface area (Å²) >= 11 is 0. The van der Waals surface area contributed by atoms with Crippen molar-refractivity contribution < 1.29 is 83.6 Å². The molecule has 0 saturated heterocycles. The summed E-state index contributed by atoms with van der Waals surface area (Å²) in [5.41, 5.74) is 0. The van der Waals surface area contributed by atoms with Crippen LogP contribution < -0.4 is 0 Å².